The Morgan fingerprint density at radius 2 is 1.97 bits per heavy atom. The highest BCUT2D eigenvalue weighted by molar-refractivity contribution is 5.95. The van der Waals surface area contributed by atoms with Crippen LogP contribution in [0.1, 0.15) is 36.5 Å². The first-order valence-corrected chi connectivity index (χ1v) is 10.6. The van der Waals surface area contributed by atoms with Crippen LogP contribution in [0.25, 0.3) is 16.3 Å². The van der Waals surface area contributed by atoms with Crippen molar-refractivity contribution >= 4 is 22.0 Å². The van der Waals surface area contributed by atoms with Gasteiger partial charge in [-0.25, -0.2) is 0 Å². The van der Waals surface area contributed by atoms with Crippen molar-refractivity contribution in [2.24, 2.45) is 5.92 Å². The van der Waals surface area contributed by atoms with Gasteiger partial charge < -0.3 is 5.32 Å². The van der Waals surface area contributed by atoms with Crippen molar-refractivity contribution in [3.63, 3.8) is 0 Å². The number of pyridine rings is 2. The summed E-state index contributed by atoms with van der Waals surface area (Å²) in [6.45, 7) is 2.54. The van der Waals surface area contributed by atoms with Crippen LogP contribution in [0.2, 0.25) is 0 Å². The summed E-state index contributed by atoms with van der Waals surface area (Å²) in [5.74, 6) is 0.537. The summed E-state index contributed by atoms with van der Waals surface area (Å²) in [6.07, 6.45) is 10.1. The second kappa shape index (κ2) is 7.93. The average Bonchev–Trinajstić information content (AvgIpc) is 3.22. The van der Waals surface area contributed by atoms with Crippen LogP contribution < -0.4 is 5.32 Å². The Balaban J connectivity index is 1.44. The van der Waals surface area contributed by atoms with Gasteiger partial charge in [-0.2, -0.15) is 13.2 Å². The van der Waals surface area contributed by atoms with Crippen LogP contribution in [-0.2, 0) is 12.7 Å². The van der Waals surface area contributed by atoms with Crippen molar-refractivity contribution in [2.45, 2.75) is 32.5 Å². The molecule has 32 heavy (non-hydrogen) atoms. The van der Waals surface area contributed by atoms with E-state index in [4.69, 9.17) is 0 Å². The summed E-state index contributed by atoms with van der Waals surface area (Å²) in [7, 11) is 0. The fraction of sp³-hybridized carbons (Fsp3) is 0.231. The zero-order chi connectivity index (χ0) is 22.3. The molecule has 0 saturated heterocycles. The fourth-order valence-electron chi connectivity index (χ4n) is 4.52. The molecule has 1 aromatic carbocycles. The largest absolute Gasteiger partial charge is 0.419 e. The summed E-state index contributed by atoms with van der Waals surface area (Å²) >= 11 is 0. The number of halogens is 3. The van der Waals surface area contributed by atoms with Crippen molar-refractivity contribution < 1.29 is 13.2 Å². The number of allylic oxidation sites excluding steroid dienone is 6. The Morgan fingerprint density at radius 3 is 2.78 bits per heavy atom. The number of rotatable bonds is 4. The van der Waals surface area contributed by atoms with Gasteiger partial charge in [-0.3, -0.25) is 9.97 Å². The molecular formula is C26H22F3N3. The van der Waals surface area contributed by atoms with Gasteiger partial charge in [0, 0.05) is 48.0 Å². The third kappa shape index (κ3) is 3.81. The molecule has 3 aromatic rings. The Hall–Kier alpha value is -3.41. The zero-order valence-electron chi connectivity index (χ0n) is 17.6. The first-order valence-electron chi connectivity index (χ1n) is 10.6. The minimum absolute atomic E-state index is 0.0266. The Morgan fingerprint density at radius 1 is 1.09 bits per heavy atom. The molecule has 2 aliphatic rings. The highest BCUT2D eigenvalue weighted by Gasteiger charge is 2.33. The van der Waals surface area contributed by atoms with Gasteiger partial charge in [0.05, 0.1) is 5.56 Å². The second-order valence-electron chi connectivity index (χ2n) is 8.38. The number of alkyl halides is 3. The Kier molecular flexibility index (Phi) is 5.08. The molecule has 0 fully saturated rings. The van der Waals surface area contributed by atoms with Crippen molar-refractivity contribution in [1.82, 2.24) is 9.97 Å². The molecule has 0 aliphatic heterocycles. The molecule has 1 atom stereocenters. The normalized spacial score (nSPS) is 18.1. The topological polar surface area (TPSA) is 37.8 Å². The lowest BCUT2D eigenvalue weighted by Crippen LogP contribution is -2.11. The van der Waals surface area contributed by atoms with E-state index in [1.165, 1.54) is 29.0 Å². The number of hydrogen-bond donors (Lipinski definition) is 1. The third-order valence-electron chi connectivity index (χ3n) is 6.24. The number of aromatic nitrogens is 2. The molecule has 0 radical (unpaired) electrons. The van der Waals surface area contributed by atoms with E-state index in [9.17, 15) is 13.2 Å². The lowest BCUT2D eigenvalue weighted by atomic mass is 9.88. The minimum Gasteiger partial charge on any atom is -0.380 e. The van der Waals surface area contributed by atoms with Gasteiger partial charge in [0.15, 0.2) is 0 Å². The minimum atomic E-state index is -4.45. The lowest BCUT2D eigenvalue weighted by Gasteiger charge is -2.17. The Bertz CT molecular complexity index is 1280. The third-order valence-corrected chi connectivity index (χ3v) is 6.24. The molecule has 1 unspecified atom stereocenters. The molecule has 0 amide bonds. The number of anilines is 1. The van der Waals surface area contributed by atoms with Gasteiger partial charge in [-0.05, 0) is 53.0 Å². The average molecular weight is 433 g/mol. The number of benzene rings is 1. The van der Waals surface area contributed by atoms with Gasteiger partial charge in [0.1, 0.15) is 0 Å². The van der Waals surface area contributed by atoms with E-state index >= 15 is 0 Å². The molecule has 0 saturated carbocycles. The molecule has 0 bridgehead atoms. The summed E-state index contributed by atoms with van der Waals surface area (Å²) in [5.41, 5.74) is 5.25. The lowest BCUT2D eigenvalue weighted by molar-refractivity contribution is -0.137. The Labute approximate surface area is 184 Å². The summed E-state index contributed by atoms with van der Waals surface area (Å²) in [4.78, 5) is 8.05. The summed E-state index contributed by atoms with van der Waals surface area (Å²) in [5, 5.41) is 5.01. The van der Waals surface area contributed by atoms with Crippen LogP contribution in [0.5, 0.6) is 0 Å². The van der Waals surface area contributed by atoms with Crippen molar-refractivity contribution in [3.8, 4) is 0 Å². The quantitative estimate of drug-likeness (QED) is 0.484. The molecule has 5 rings (SSSR count). The first kappa shape index (κ1) is 20.5. The van der Waals surface area contributed by atoms with Crippen LogP contribution >= 0.6 is 0 Å². The van der Waals surface area contributed by atoms with Gasteiger partial charge in [0.25, 0.3) is 0 Å². The van der Waals surface area contributed by atoms with E-state index in [-0.39, 0.29) is 12.2 Å². The predicted octanol–water partition coefficient (Wildman–Crippen LogP) is 6.94. The van der Waals surface area contributed by atoms with Gasteiger partial charge in [0.2, 0.25) is 0 Å². The van der Waals surface area contributed by atoms with Gasteiger partial charge >= 0.3 is 6.18 Å². The smallest absolute Gasteiger partial charge is 0.380 e. The SMILES string of the molecule is CC1CC=CC2=C1CC(c1cncc3ccc(CNc4ccncc4C(F)(F)F)cc13)=C2. The van der Waals surface area contributed by atoms with Crippen LogP contribution in [0, 0.1) is 5.92 Å². The number of nitrogens with zero attached hydrogens (tertiary/aromatic N) is 2. The molecule has 6 heteroatoms. The standard InChI is InChI=1S/C26H22F3N3/c1-16-3-2-4-18-10-20(11-21(16)18)23-14-31-13-19-6-5-17(9-22(19)23)12-32-25-7-8-30-15-24(25)26(27,28)29/h2,4-10,13-16H,3,11-12H2,1H3,(H,30,32). The maximum Gasteiger partial charge on any atom is 0.419 e. The van der Waals surface area contributed by atoms with Crippen LogP contribution in [0.4, 0.5) is 18.9 Å². The van der Waals surface area contributed by atoms with E-state index < -0.39 is 11.7 Å². The maximum atomic E-state index is 13.3. The molecule has 2 aromatic heterocycles. The summed E-state index contributed by atoms with van der Waals surface area (Å²) in [6, 6.07) is 7.30. The van der Waals surface area contributed by atoms with Crippen molar-refractivity contribution in [3.05, 3.63) is 95.1 Å². The molecule has 0 spiro atoms. The van der Waals surface area contributed by atoms with Gasteiger partial charge in [-0.1, -0.05) is 42.9 Å². The molecular weight excluding hydrogens is 411 g/mol. The fourth-order valence-corrected chi connectivity index (χ4v) is 4.52. The summed E-state index contributed by atoms with van der Waals surface area (Å²) < 4.78 is 39.8. The van der Waals surface area contributed by atoms with Crippen LogP contribution in [0.3, 0.4) is 0 Å². The molecule has 162 valence electrons. The highest BCUT2D eigenvalue weighted by Crippen LogP contribution is 2.41. The molecule has 1 N–H and O–H groups in total. The molecule has 3 nitrogen and oxygen atoms in total. The molecule has 2 aliphatic carbocycles. The van der Waals surface area contributed by atoms with E-state index in [0.717, 1.165) is 40.9 Å². The zero-order valence-corrected chi connectivity index (χ0v) is 17.6. The van der Waals surface area contributed by atoms with E-state index in [1.54, 1.807) is 0 Å². The van der Waals surface area contributed by atoms with E-state index in [1.807, 2.05) is 30.6 Å². The van der Waals surface area contributed by atoms with Crippen molar-refractivity contribution in [1.29, 1.82) is 0 Å². The van der Waals surface area contributed by atoms with Crippen LogP contribution in [-0.4, -0.2) is 9.97 Å². The maximum absolute atomic E-state index is 13.3. The number of fused-ring (bicyclic) bond motifs is 1. The van der Waals surface area contributed by atoms with Gasteiger partial charge in [-0.15, -0.1) is 0 Å². The molecule has 2 heterocycles. The predicted molar refractivity (Wildman–Crippen MR) is 121 cm³/mol. The van der Waals surface area contributed by atoms with Crippen molar-refractivity contribution in [2.75, 3.05) is 5.32 Å². The van der Waals surface area contributed by atoms with E-state index in [0.29, 0.717) is 5.92 Å². The number of nitrogens with one attached hydrogen (secondary N) is 1. The number of hydrogen-bond acceptors (Lipinski definition) is 3. The second-order valence-corrected chi connectivity index (χ2v) is 8.38. The van der Waals surface area contributed by atoms with E-state index in [2.05, 4.69) is 40.4 Å². The monoisotopic (exact) mass is 433 g/mol. The highest BCUT2D eigenvalue weighted by atomic mass is 19.4. The first-order chi connectivity index (χ1) is 15.4. The van der Waals surface area contributed by atoms with Crippen LogP contribution in [0.15, 0.2) is 78.4 Å².